The second-order valence-electron chi connectivity index (χ2n) is 5.80. The van der Waals surface area contributed by atoms with E-state index in [-0.39, 0.29) is 6.61 Å². The van der Waals surface area contributed by atoms with E-state index in [2.05, 4.69) is 10.3 Å². The number of pyridine rings is 1. The van der Waals surface area contributed by atoms with Gasteiger partial charge < -0.3 is 14.8 Å². The zero-order valence-electron chi connectivity index (χ0n) is 15.2. The Kier molecular flexibility index (Phi) is 5.66. The summed E-state index contributed by atoms with van der Waals surface area (Å²) in [6.45, 7) is 2.52. The van der Waals surface area contributed by atoms with Gasteiger partial charge in [0.2, 0.25) is 0 Å². The Labute approximate surface area is 157 Å². The number of nitrogens with zero attached hydrogens (tertiary/aromatic N) is 1. The first kappa shape index (κ1) is 18.4. The minimum absolute atomic E-state index is 0.261. The molecule has 0 saturated heterocycles. The smallest absolute Gasteiger partial charge is 0.341 e. The van der Waals surface area contributed by atoms with Crippen molar-refractivity contribution in [2.45, 2.75) is 13.5 Å². The molecule has 0 aliphatic heterocycles. The van der Waals surface area contributed by atoms with Crippen molar-refractivity contribution in [3.8, 4) is 0 Å². The summed E-state index contributed by atoms with van der Waals surface area (Å²) in [4.78, 5) is 28.8. The number of carbonyl (C=O) groups is 2. The molecule has 1 aromatic heterocycles. The Bertz CT molecular complexity index is 971. The summed E-state index contributed by atoms with van der Waals surface area (Å²) in [5.41, 5.74) is 2.76. The van der Waals surface area contributed by atoms with Crippen LogP contribution in [0.1, 0.15) is 33.2 Å². The van der Waals surface area contributed by atoms with Crippen LogP contribution in [0.15, 0.2) is 54.7 Å². The van der Waals surface area contributed by atoms with E-state index in [0.717, 1.165) is 5.56 Å². The first-order valence-corrected chi connectivity index (χ1v) is 8.60. The van der Waals surface area contributed by atoms with E-state index in [1.807, 2.05) is 36.4 Å². The van der Waals surface area contributed by atoms with Crippen LogP contribution in [0.2, 0.25) is 0 Å². The number of aromatic nitrogens is 1. The number of carbonyl (C=O) groups excluding carboxylic acids is 2. The maximum Gasteiger partial charge on any atom is 0.341 e. The third-order valence-corrected chi connectivity index (χ3v) is 4.11. The summed E-state index contributed by atoms with van der Waals surface area (Å²) in [5, 5.41) is 3.96. The standard InChI is InChI=1S/C21H20N2O4/c1-3-27-21(25)17-13-23-18-15(10-7-11-16(18)20(24)26-2)19(17)22-12-14-8-5-4-6-9-14/h4-11,13H,3,12H2,1-2H3,(H,22,23). The molecule has 0 unspecified atom stereocenters. The van der Waals surface area contributed by atoms with Crippen LogP contribution in [0.5, 0.6) is 0 Å². The fourth-order valence-corrected chi connectivity index (χ4v) is 2.84. The van der Waals surface area contributed by atoms with Gasteiger partial charge >= 0.3 is 11.9 Å². The van der Waals surface area contributed by atoms with Crippen molar-refractivity contribution in [2.75, 3.05) is 19.0 Å². The van der Waals surface area contributed by atoms with E-state index in [0.29, 0.717) is 34.3 Å². The van der Waals surface area contributed by atoms with Crippen molar-refractivity contribution >= 4 is 28.5 Å². The number of rotatable bonds is 6. The molecule has 6 nitrogen and oxygen atoms in total. The second-order valence-corrected chi connectivity index (χ2v) is 5.80. The normalized spacial score (nSPS) is 10.4. The molecule has 0 aliphatic carbocycles. The molecule has 3 rings (SSSR count). The Morgan fingerprint density at radius 2 is 1.78 bits per heavy atom. The molecule has 0 fully saturated rings. The summed E-state index contributed by atoms with van der Waals surface area (Å²) in [6, 6.07) is 15.0. The quantitative estimate of drug-likeness (QED) is 0.670. The first-order chi connectivity index (χ1) is 13.2. The van der Waals surface area contributed by atoms with Crippen LogP contribution in [0.4, 0.5) is 5.69 Å². The van der Waals surface area contributed by atoms with Gasteiger partial charge in [-0.15, -0.1) is 0 Å². The molecule has 6 heteroatoms. The zero-order chi connectivity index (χ0) is 19.2. The van der Waals surface area contributed by atoms with E-state index in [1.165, 1.54) is 13.3 Å². The molecule has 138 valence electrons. The highest BCUT2D eigenvalue weighted by atomic mass is 16.5. The number of fused-ring (bicyclic) bond motifs is 1. The number of hydrogen-bond donors (Lipinski definition) is 1. The van der Waals surface area contributed by atoms with E-state index < -0.39 is 11.9 Å². The van der Waals surface area contributed by atoms with Gasteiger partial charge in [-0.05, 0) is 18.6 Å². The summed E-state index contributed by atoms with van der Waals surface area (Å²) < 4.78 is 10.00. The van der Waals surface area contributed by atoms with E-state index in [9.17, 15) is 9.59 Å². The molecule has 2 aromatic carbocycles. The maximum atomic E-state index is 12.4. The van der Waals surface area contributed by atoms with Gasteiger partial charge in [-0.2, -0.15) is 0 Å². The Morgan fingerprint density at radius 1 is 1.00 bits per heavy atom. The Hall–Kier alpha value is -3.41. The number of hydrogen-bond acceptors (Lipinski definition) is 6. The van der Waals surface area contributed by atoms with Gasteiger partial charge in [0.1, 0.15) is 5.56 Å². The average Bonchev–Trinajstić information content (AvgIpc) is 2.71. The summed E-state index contributed by atoms with van der Waals surface area (Å²) in [6.07, 6.45) is 1.43. The Morgan fingerprint density at radius 3 is 2.48 bits per heavy atom. The lowest BCUT2D eigenvalue weighted by Crippen LogP contribution is -2.12. The molecule has 0 radical (unpaired) electrons. The summed E-state index contributed by atoms with van der Waals surface area (Å²) in [7, 11) is 1.32. The third-order valence-electron chi connectivity index (χ3n) is 4.11. The molecule has 27 heavy (non-hydrogen) atoms. The number of para-hydroxylation sites is 1. The lowest BCUT2D eigenvalue weighted by atomic mass is 10.0. The highest BCUT2D eigenvalue weighted by Crippen LogP contribution is 2.29. The Balaban J connectivity index is 2.11. The SMILES string of the molecule is CCOC(=O)c1cnc2c(C(=O)OC)cccc2c1NCc1ccccc1. The molecule has 3 aromatic rings. The topological polar surface area (TPSA) is 77.5 Å². The average molecular weight is 364 g/mol. The van der Waals surface area contributed by atoms with Crippen molar-refractivity contribution < 1.29 is 19.1 Å². The van der Waals surface area contributed by atoms with Gasteiger partial charge in [-0.25, -0.2) is 9.59 Å². The molecule has 0 spiro atoms. The third kappa shape index (κ3) is 3.89. The zero-order valence-corrected chi connectivity index (χ0v) is 15.2. The van der Waals surface area contributed by atoms with Crippen molar-refractivity contribution in [1.82, 2.24) is 4.98 Å². The molecule has 0 saturated carbocycles. The highest BCUT2D eigenvalue weighted by Gasteiger charge is 2.20. The monoisotopic (exact) mass is 364 g/mol. The predicted molar refractivity (Wildman–Crippen MR) is 103 cm³/mol. The van der Waals surface area contributed by atoms with Crippen LogP contribution in [0.3, 0.4) is 0 Å². The molecule has 0 atom stereocenters. The minimum Gasteiger partial charge on any atom is -0.465 e. The van der Waals surface area contributed by atoms with Crippen LogP contribution in [0.25, 0.3) is 10.9 Å². The van der Waals surface area contributed by atoms with Crippen molar-refractivity contribution in [1.29, 1.82) is 0 Å². The lowest BCUT2D eigenvalue weighted by Gasteiger charge is -2.15. The maximum absolute atomic E-state index is 12.4. The highest BCUT2D eigenvalue weighted by molar-refractivity contribution is 6.10. The largest absolute Gasteiger partial charge is 0.465 e. The van der Waals surface area contributed by atoms with Gasteiger partial charge in [-0.3, -0.25) is 4.98 Å². The minimum atomic E-state index is -0.481. The van der Waals surface area contributed by atoms with Gasteiger partial charge in [0.15, 0.2) is 0 Å². The molecule has 0 amide bonds. The summed E-state index contributed by atoms with van der Waals surface area (Å²) >= 11 is 0. The van der Waals surface area contributed by atoms with E-state index in [4.69, 9.17) is 9.47 Å². The number of ether oxygens (including phenoxy) is 2. The van der Waals surface area contributed by atoms with E-state index >= 15 is 0 Å². The number of benzene rings is 2. The van der Waals surface area contributed by atoms with Crippen LogP contribution >= 0.6 is 0 Å². The fourth-order valence-electron chi connectivity index (χ4n) is 2.84. The number of esters is 2. The molecule has 1 heterocycles. The van der Waals surface area contributed by atoms with Gasteiger partial charge in [-0.1, -0.05) is 42.5 Å². The van der Waals surface area contributed by atoms with Gasteiger partial charge in [0.05, 0.1) is 30.5 Å². The second kappa shape index (κ2) is 8.31. The predicted octanol–water partition coefficient (Wildman–Crippen LogP) is 3.81. The summed E-state index contributed by atoms with van der Waals surface area (Å²) in [5.74, 6) is -0.947. The molecular formula is C21H20N2O4. The number of anilines is 1. The lowest BCUT2D eigenvalue weighted by molar-refractivity contribution is 0.0526. The van der Waals surface area contributed by atoms with Crippen molar-refractivity contribution in [2.24, 2.45) is 0 Å². The van der Waals surface area contributed by atoms with Crippen molar-refractivity contribution in [3.05, 3.63) is 71.4 Å². The molecular weight excluding hydrogens is 344 g/mol. The molecule has 0 aliphatic rings. The van der Waals surface area contributed by atoms with Crippen LogP contribution in [0, 0.1) is 0 Å². The fraction of sp³-hybridized carbons (Fsp3) is 0.190. The number of methoxy groups -OCH3 is 1. The first-order valence-electron chi connectivity index (χ1n) is 8.60. The van der Waals surface area contributed by atoms with E-state index in [1.54, 1.807) is 19.1 Å². The van der Waals surface area contributed by atoms with Gasteiger partial charge in [0, 0.05) is 18.1 Å². The number of nitrogens with one attached hydrogen (secondary N) is 1. The van der Waals surface area contributed by atoms with Crippen LogP contribution < -0.4 is 5.32 Å². The van der Waals surface area contributed by atoms with Crippen molar-refractivity contribution in [3.63, 3.8) is 0 Å². The molecule has 0 bridgehead atoms. The van der Waals surface area contributed by atoms with Crippen LogP contribution in [-0.2, 0) is 16.0 Å². The molecule has 1 N–H and O–H groups in total. The van der Waals surface area contributed by atoms with Gasteiger partial charge in [0.25, 0.3) is 0 Å². The van der Waals surface area contributed by atoms with Crippen LogP contribution in [-0.4, -0.2) is 30.6 Å².